The van der Waals surface area contributed by atoms with Crippen LogP contribution in [0.15, 0.2) is 18.2 Å². The van der Waals surface area contributed by atoms with Gasteiger partial charge in [0, 0.05) is 0 Å². The molecule has 20 heavy (non-hydrogen) atoms. The van der Waals surface area contributed by atoms with Gasteiger partial charge in [0.25, 0.3) is 0 Å². The summed E-state index contributed by atoms with van der Waals surface area (Å²) in [6.45, 7) is 5.33. The molecular weight excluding hydrogens is 246 g/mol. The van der Waals surface area contributed by atoms with Crippen LogP contribution in [0, 0.1) is 5.92 Å². The van der Waals surface area contributed by atoms with Gasteiger partial charge in [-0.1, -0.05) is 38.0 Å². The first-order valence-corrected chi connectivity index (χ1v) is 8.35. The molecule has 1 aromatic carbocycles. The van der Waals surface area contributed by atoms with Crippen molar-refractivity contribution in [1.29, 1.82) is 0 Å². The third-order valence-electron chi connectivity index (χ3n) is 4.93. The van der Waals surface area contributed by atoms with Crippen molar-refractivity contribution in [2.24, 2.45) is 5.92 Å². The molecule has 1 saturated carbocycles. The Balaban J connectivity index is 1.85. The topological polar surface area (TPSA) is 21.3 Å². The third-order valence-corrected chi connectivity index (χ3v) is 4.93. The Hall–Kier alpha value is -1.02. The van der Waals surface area contributed by atoms with Crippen LogP contribution in [0.5, 0.6) is 5.75 Å². The maximum Gasteiger partial charge on any atom is 0.125 e. The van der Waals surface area contributed by atoms with Gasteiger partial charge in [-0.15, -0.1) is 0 Å². The molecule has 1 N–H and O–H groups in total. The first-order chi connectivity index (χ1) is 9.90. The van der Waals surface area contributed by atoms with Gasteiger partial charge >= 0.3 is 0 Å². The minimum absolute atomic E-state index is 0.691. The summed E-state index contributed by atoms with van der Waals surface area (Å²) in [7, 11) is 0. The number of rotatable bonds is 4. The summed E-state index contributed by atoms with van der Waals surface area (Å²) in [6.07, 6.45) is 7.81. The van der Waals surface area contributed by atoms with Crippen LogP contribution < -0.4 is 10.1 Å². The van der Waals surface area contributed by atoms with Gasteiger partial charge in [-0.3, -0.25) is 0 Å². The van der Waals surface area contributed by atoms with Gasteiger partial charge in [-0.2, -0.15) is 0 Å². The molecule has 2 unspecified atom stereocenters. The van der Waals surface area contributed by atoms with Crippen LogP contribution in [0.4, 0.5) is 0 Å². The predicted molar refractivity (Wildman–Crippen MR) is 83.5 cm³/mol. The van der Waals surface area contributed by atoms with Crippen molar-refractivity contribution >= 4 is 0 Å². The summed E-state index contributed by atoms with van der Waals surface area (Å²) < 4.78 is 6.04. The normalized spacial score (nSPS) is 25.9. The maximum absolute atomic E-state index is 6.04. The molecule has 110 valence electrons. The highest BCUT2D eigenvalue weighted by Gasteiger charge is 2.29. The number of benzene rings is 1. The Bertz CT molecular complexity index is 443. The van der Waals surface area contributed by atoms with Crippen LogP contribution in [0.1, 0.15) is 56.1 Å². The van der Waals surface area contributed by atoms with Gasteiger partial charge in [0.1, 0.15) is 5.75 Å². The van der Waals surface area contributed by atoms with E-state index in [1.807, 2.05) is 0 Å². The summed E-state index contributed by atoms with van der Waals surface area (Å²) in [4.78, 5) is 0. The Labute approximate surface area is 122 Å². The van der Waals surface area contributed by atoms with Crippen molar-refractivity contribution in [1.82, 2.24) is 5.32 Å². The first kappa shape index (κ1) is 13.9. The van der Waals surface area contributed by atoms with Crippen LogP contribution in [-0.4, -0.2) is 19.7 Å². The fourth-order valence-corrected chi connectivity index (χ4v) is 3.90. The largest absolute Gasteiger partial charge is 0.493 e. The number of nitrogens with one attached hydrogen (secondary N) is 1. The van der Waals surface area contributed by atoms with Gasteiger partial charge < -0.3 is 10.1 Å². The predicted octanol–water partition coefficient (Wildman–Crippen LogP) is 3.89. The average molecular weight is 273 g/mol. The molecule has 2 aliphatic rings. The number of aryl methyl sites for hydroxylation is 1. The van der Waals surface area contributed by atoms with Crippen LogP contribution in [0.25, 0.3) is 0 Å². The van der Waals surface area contributed by atoms with Crippen molar-refractivity contribution in [2.75, 3.05) is 19.7 Å². The minimum Gasteiger partial charge on any atom is -0.493 e. The highest BCUT2D eigenvalue weighted by atomic mass is 16.5. The molecule has 0 aromatic heterocycles. The number of para-hydroxylation sites is 1. The quantitative estimate of drug-likeness (QED) is 0.898. The van der Waals surface area contributed by atoms with Crippen molar-refractivity contribution in [3.63, 3.8) is 0 Å². The van der Waals surface area contributed by atoms with Crippen molar-refractivity contribution < 1.29 is 4.74 Å². The SMILES string of the molecule is CCNCC1CCCCC1c1cccc2c1OCCC2. The van der Waals surface area contributed by atoms with Gasteiger partial charge in [-0.05, 0) is 61.7 Å². The Kier molecular flexibility index (Phi) is 4.62. The van der Waals surface area contributed by atoms with E-state index in [1.54, 1.807) is 0 Å². The molecule has 1 aromatic rings. The molecule has 0 saturated heterocycles. The van der Waals surface area contributed by atoms with E-state index in [9.17, 15) is 0 Å². The zero-order chi connectivity index (χ0) is 13.8. The fraction of sp³-hybridized carbons (Fsp3) is 0.667. The Morgan fingerprint density at radius 3 is 3.00 bits per heavy atom. The summed E-state index contributed by atoms with van der Waals surface area (Å²) in [5.74, 6) is 2.70. The van der Waals surface area contributed by atoms with Crippen LogP contribution in [0.2, 0.25) is 0 Å². The highest BCUT2D eigenvalue weighted by molar-refractivity contribution is 5.45. The Morgan fingerprint density at radius 1 is 1.20 bits per heavy atom. The second kappa shape index (κ2) is 6.62. The number of ether oxygens (including phenoxy) is 1. The van der Waals surface area contributed by atoms with Gasteiger partial charge in [0.2, 0.25) is 0 Å². The lowest BCUT2D eigenvalue weighted by Crippen LogP contribution is -2.30. The average Bonchev–Trinajstić information content (AvgIpc) is 2.53. The molecule has 2 nitrogen and oxygen atoms in total. The third kappa shape index (κ3) is 2.85. The number of fused-ring (bicyclic) bond motifs is 1. The molecule has 1 heterocycles. The van der Waals surface area contributed by atoms with E-state index in [-0.39, 0.29) is 0 Å². The van der Waals surface area contributed by atoms with E-state index in [0.717, 1.165) is 25.6 Å². The molecule has 0 spiro atoms. The van der Waals surface area contributed by atoms with E-state index in [0.29, 0.717) is 5.92 Å². The van der Waals surface area contributed by atoms with Crippen LogP contribution in [0.3, 0.4) is 0 Å². The molecule has 1 aliphatic carbocycles. The maximum atomic E-state index is 6.04. The first-order valence-electron chi connectivity index (χ1n) is 8.35. The number of hydrogen-bond acceptors (Lipinski definition) is 2. The zero-order valence-corrected chi connectivity index (χ0v) is 12.7. The van der Waals surface area contributed by atoms with Gasteiger partial charge in [0.05, 0.1) is 6.61 Å². The summed E-state index contributed by atoms with van der Waals surface area (Å²) in [5, 5.41) is 3.56. The van der Waals surface area contributed by atoms with Gasteiger partial charge in [-0.25, -0.2) is 0 Å². The van der Waals surface area contributed by atoms with E-state index in [4.69, 9.17) is 4.74 Å². The highest BCUT2D eigenvalue weighted by Crippen LogP contribution is 2.43. The van der Waals surface area contributed by atoms with Crippen molar-refractivity contribution in [2.45, 2.75) is 51.4 Å². The van der Waals surface area contributed by atoms with Crippen molar-refractivity contribution in [3.05, 3.63) is 29.3 Å². The van der Waals surface area contributed by atoms with Gasteiger partial charge in [0.15, 0.2) is 0 Å². The van der Waals surface area contributed by atoms with E-state index < -0.39 is 0 Å². The molecule has 2 atom stereocenters. The van der Waals surface area contributed by atoms with Crippen molar-refractivity contribution in [3.8, 4) is 5.75 Å². The molecular formula is C18H27NO. The summed E-state index contributed by atoms with van der Waals surface area (Å²) in [6, 6.07) is 6.81. The Morgan fingerprint density at radius 2 is 2.10 bits per heavy atom. The molecule has 1 aliphatic heterocycles. The lowest BCUT2D eigenvalue weighted by Gasteiger charge is -2.34. The van der Waals surface area contributed by atoms with E-state index >= 15 is 0 Å². The second-order valence-electron chi connectivity index (χ2n) is 6.25. The lowest BCUT2D eigenvalue weighted by atomic mass is 9.74. The summed E-state index contributed by atoms with van der Waals surface area (Å²) in [5.41, 5.74) is 2.92. The standard InChI is InChI=1S/C18H27NO/c1-2-19-13-15-7-3-4-10-16(15)17-11-5-8-14-9-6-12-20-18(14)17/h5,8,11,15-16,19H,2-4,6-7,9-10,12-13H2,1H3. The van der Waals surface area contributed by atoms with E-state index in [2.05, 4.69) is 30.4 Å². The fourth-order valence-electron chi connectivity index (χ4n) is 3.90. The number of hydrogen-bond donors (Lipinski definition) is 1. The van der Waals surface area contributed by atoms with Crippen LogP contribution >= 0.6 is 0 Å². The monoisotopic (exact) mass is 273 g/mol. The zero-order valence-electron chi connectivity index (χ0n) is 12.7. The summed E-state index contributed by atoms with van der Waals surface area (Å²) >= 11 is 0. The molecule has 2 heteroatoms. The lowest BCUT2D eigenvalue weighted by molar-refractivity contribution is 0.261. The molecule has 1 fully saturated rings. The molecule has 0 bridgehead atoms. The second-order valence-corrected chi connectivity index (χ2v) is 6.25. The molecule has 0 amide bonds. The minimum atomic E-state index is 0.691. The van der Waals surface area contributed by atoms with E-state index in [1.165, 1.54) is 55.4 Å². The molecule has 3 rings (SSSR count). The molecule has 0 radical (unpaired) electrons. The smallest absolute Gasteiger partial charge is 0.125 e. The van der Waals surface area contributed by atoms with Crippen LogP contribution in [-0.2, 0) is 6.42 Å².